The minimum Gasteiger partial charge on any atom is -0.480 e. The molecule has 0 saturated heterocycles. The lowest BCUT2D eigenvalue weighted by molar-refractivity contribution is 0.0691. The largest absolute Gasteiger partial charge is 0.480 e. The summed E-state index contributed by atoms with van der Waals surface area (Å²) in [6, 6.07) is 1.10. The van der Waals surface area contributed by atoms with Crippen LogP contribution in [0.2, 0.25) is 0 Å². The molecule has 5 nitrogen and oxygen atoms in total. The molecule has 1 N–H and O–H groups in total. The fraction of sp³-hybridized carbons (Fsp3) is 0.200. The Morgan fingerprint density at radius 2 is 2.40 bits per heavy atom. The van der Waals surface area contributed by atoms with Crippen molar-refractivity contribution < 1.29 is 14.6 Å². The molecule has 1 heterocycles. The zero-order valence-corrected chi connectivity index (χ0v) is 8.06. The first-order valence-corrected chi connectivity index (χ1v) is 4.06. The van der Waals surface area contributed by atoms with Crippen LogP contribution in [0.4, 0.5) is 0 Å². The van der Waals surface area contributed by atoms with Gasteiger partial charge in [0, 0.05) is 19.3 Å². The number of aromatic carboxylic acids is 1. The summed E-state index contributed by atoms with van der Waals surface area (Å²) in [5, 5.41) is 8.83. The van der Waals surface area contributed by atoms with Gasteiger partial charge in [-0.15, -0.1) is 6.42 Å². The van der Waals surface area contributed by atoms with Crippen molar-refractivity contribution in [1.82, 2.24) is 4.57 Å². The fourth-order valence-corrected chi connectivity index (χ4v) is 1.01. The number of aryl methyl sites for hydroxylation is 1. The molecule has 0 spiro atoms. The smallest absolute Gasteiger partial charge is 0.340 e. The van der Waals surface area contributed by atoms with Gasteiger partial charge in [-0.1, -0.05) is 5.92 Å². The van der Waals surface area contributed by atoms with Gasteiger partial charge in [0.15, 0.2) is 0 Å². The van der Waals surface area contributed by atoms with Crippen LogP contribution in [-0.2, 0) is 7.05 Å². The van der Waals surface area contributed by atoms with Crippen molar-refractivity contribution in [3.63, 3.8) is 0 Å². The molecule has 0 unspecified atom stereocenters. The first kappa shape index (κ1) is 10.9. The lowest BCUT2D eigenvalue weighted by Crippen LogP contribution is -2.18. The summed E-state index contributed by atoms with van der Waals surface area (Å²) < 4.78 is 6.11. The zero-order chi connectivity index (χ0) is 11.4. The monoisotopic (exact) mass is 207 g/mol. The molecule has 0 aromatic carbocycles. The molecule has 78 valence electrons. The molecule has 0 bridgehead atoms. The van der Waals surface area contributed by atoms with E-state index < -0.39 is 5.97 Å². The molecular weight excluding hydrogens is 198 g/mol. The van der Waals surface area contributed by atoms with Gasteiger partial charge >= 0.3 is 5.97 Å². The Bertz CT molecular complexity index is 481. The number of carboxylic acid groups (broad SMARTS) is 1. The van der Waals surface area contributed by atoms with E-state index in [1.54, 1.807) is 0 Å². The normalized spacial score (nSPS) is 9.33. The van der Waals surface area contributed by atoms with Gasteiger partial charge in [0.1, 0.15) is 17.9 Å². The van der Waals surface area contributed by atoms with E-state index in [1.807, 2.05) is 0 Å². The van der Waals surface area contributed by atoms with Gasteiger partial charge in [0.2, 0.25) is 0 Å². The summed E-state index contributed by atoms with van der Waals surface area (Å²) in [5.41, 5.74) is -0.445. The Hall–Kier alpha value is -2.22. The molecule has 0 fully saturated rings. The molecule has 0 radical (unpaired) electrons. The predicted octanol–water partition coefficient (Wildman–Crippen LogP) is 0.0955. The number of rotatable bonds is 3. The SMILES string of the molecule is C#CCOc1cc(=O)n(C)cc1C(=O)O. The van der Waals surface area contributed by atoms with E-state index in [-0.39, 0.29) is 23.5 Å². The number of carboxylic acids is 1. The van der Waals surface area contributed by atoms with E-state index in [9.17, 15) is 9.59 Å². The summed E-state index contributed by atoms with van der Waals surface area (Å²) >= 11 is 0. The maximum atomic E-state index is 11.2. The molecule has 0 amide bonds. The van der Waals surface area contributed by atoms with Gasteiger partial charge in [-0.3, -0.25) is 4.79 Å². The molecule has 0 atom stereocenters. The number of nitrogens with zero attached hydrogens (tertiary/aromatic N) is 1. The van der Waals surface area contributed by atoms with E-state index in [0.29, 0.717) is 0 Å². The van der Waals surface area contributed by atoms with E-state index in [0.717, 1.165) is 10.6 Å². The second-order valence-corrected chi connectivity index (χ2v) is 2.80. The molecule has 1 rings (SSSR count). The maximum absolute atomic E-state index is 11.2. The van der Waals surface area contributed by atoms with Crippen molar-refractivity contribution in [2.45, 2.75) is 0 Å². The van der Waals surface area contributed by atoms with Gasteiger partial charge in [0.25, 0.3) is 5.56 Å². The first-order valence-electron chi connectivity index (χ1n) is 4.06. The third kappa shape index (κ3) is 2.38. The lowest BCUT2D eigenvalue weighted by Gasteiger charge is -2.07. The highest BCUT2D eigenvalue weighted by Crippen LogP contribution is 2.14. The summed E-state index contributed by atoms with van der Waals surface area (Å²) in [6.45, 7) is -0.0759. The number of terminal acetylenes is 1. The van der Waals surface area contributed by atoms with Crippen molar-refractivity contribution in [1.29, 1.82) is 0 Å². The number of hydrogen-bond acceptors (Lipinski definition) is 3. The predicted molar refractivity (Wildman–Crippen MR) is 53.0 cm³/mol. The molecule has 0 aliphatic heterocycles. The highest BCUT2D eigenvalue weighted by Gasteiger charge is 2.12. The van der Waals surface area contributed by atoms with Crippen LogP contribution in [0.3, 0.4) is 0 Å². The average molecular weight is 207 g/mol. The molecule has 0 saturated carbocycles. The van der Waals surface area contributed by atoms with Crippen molar-refractivity contribution in [2.24, 2.45) is 7.05 Å². The molecule has 0 aliphatic carbocycles. The number of hydrogen-bond donors (Lipinski definition) is 1. The van der Waals surface area contributed by atoms with Crippen LogP contribution in [0.25, 0.3) is 0 Å². The molecule has 15 heavy (non-hydrogen) atoms. The number of pyridine rings is 1. The highest BCUT2D eigenvalue weighted by atomic mass is 16.5. The molecule has 5 heteroatoms. The van der Waals surface area contributed by atoms with Crippen molar-refractivity contribution in [3.05, 3.63) is 28.2 Å². The third-order valence-corrected chi connectivity index (χ3v) is 1.73. The van der Waals surface area contributed by atoms with Crippen LogP contribution in [0.5, 0.6) is 5.75 Å². The Labute approximate surface area is 85.9 Å². The van der Waals surface area contributed by atoms with Crippen LogP contribution in [-0.4, -0.2) is 22.2 Å². The number of ether oxygens (including phenoxy) is 1. The lowest BCUT2D eigenvalue weighted by atomic mass is 10.2. The van der Waals surface area contributed by atoms with Crippen molar-refractivity contribution >= 4 is 5.97 Å². The standard InChI is InChI=1S/C10H9NO4/c1-3-4-15-8-5-9(12)11(2)6-7(8)10(13)14/h1,5-6H,4H2,2H3,(H,13,14). The topological polar surface area (TPSA) is 68.5 Å². The van der Waals surface area contributed by atoms with Gasteiger partial charge in [-0.25, -0.2) is 4.79 Å². The molecule has 0 aliphatic rings. The number of aromatic nitrogens is 1. The Morgan fingerprint density at radius 3 is 2.93 bits per heavy atom. The Morgan fingerprint density at radius 1 is 1.73 bits per heavy atom. The van der Waals surface area contributed by atoms with Crippen LogP contribution in [0.15, 0.2) is 17.1 Å². The van der Waals surface area contributed by atoms with Gasteiger partial charge in [-0.05, 0) is 0 Å². The summed E-state index contributed by atoms with van der Waals surface area (Å²) in [7, 11) is 1.46. The van der Waals surface area contributed by atoms with Gasteiger partial charge in [-0.2, -0.15) is 0 Å². The number of carbonyl (C=O) groups is 1. The summed E-state index contributed by atoms with van der Waals surface area (Å²) in [6.07, 6.45) is 6.16. The van der Waals surface area contributed by atoms with Gasteiger partial charge in [0.05, 0.1) is 0 Å². The highest BCUT2D eigenvalue weighted by molar-refractivity contribution is 5.90. The second kappa shape index (κ2) is 4.33. The van der Waals surface area contributed by atoms with Crippen LogP contribution in [0.1, 0.15) is 10.4 Å². The Kier molecular flexibility index (Phi) is 3.13. The quantitative estimate of drug-likeness (QED) is 0.713. The summed E-state index contributed by atoms with van der Waals surface area (Å²) in [5.74, 6) is 1.01. The van der Waals surface area contributed by atoms with E-state index in [2.05, 4.69) is 5.92 Å². The third-order valence-electron chi connectivity index (χ3n) is 1.73. The van der Waals surface area contributed by atoms with E-state index in [1.165, 1.54) is 13.2 Å². The van der Waals surface area contributed by atoms with Crippen LogP contribution < -0.4 is 10.3 Å². The van der Waals surface area contributed by atoms with E-state index >= 15 is 0 Å². The minimum atomic E-state index is -1.17. The van der Waals surface area contributed by atoms with E-state index in [4.69, 9.17) is 16.3 Å². The van der Waals surface area contributed by atoms with Crippen LogP contribution in [0, 0.1) is 12.3 Å². The minimum absolute atomic E-state index is 0.0106. The fourth-order valence-electron chi connectivity index (χ4n) is 1.01. The zero-order valence-electron chi connectivity index (χ0n) is 8.06. The summed E-state index contributed by atoms with van der Waals surface area (Å²) in [4.78, 5) is 22.0. The molecule has 1 aromatic rings. The molecule has 1 aromatic heterocycles. The first-order chi connectivity index (χ1) is 7.06. The van der Waals surface area contributed by atoms with Crippen molar-refractivity contribution in [3.8, 4) is 18.1 Å². The maximum Gasteiger partial charge on any atom is 0.340 e. The van der Waals surface area contributed by atoms with Crippen molar-refractivity contribution in [2.75, 3.05) is 6.61 Å². The second-order valence-electron chi connectivity index (χ2n) is 2.80. The average Bonchev–Trinajstić information content (AvgIpc) is 2.19. The molecular formula is C10H9NO4. The van der Waals surface area contributed by atoms with Crippen LogP contribution >= 0.6 is 0 Å². The van der Waals surface area contributed by atoms with Gasteiger partial charge < -0.3 is 14.4 Å². The Balaban J connectivity index is 3.23.